The Morgan fingerprint density at radius 1 is 1.30 bits per heavy atom. The molecule has 0 aromatic carbocycles. The van der Waals surface area contributed by atoms with Crippen LogP contribution in [0.25, 0.3) is 5.82 Å². The fourth-order valence-electron chi connectivity index (χ4n) is 3.45. The van der Waals surface area contributed by atoms with Gasteiger partial charge in [0, 0.05) is 6.20 Å². The van der Waals surface area contributed by atoms with Crippen molar-refractivity contribution in [3.8, 4) is 17.8 Å². The molecule has 0 unspecified atom stereocenters. The SMILES string of the molecule is CCC1CCC(Oc2c(C#N)c(C(F)(F)F)nn2-c2ccc(S(N)(=O)=O)cn2)CC1. The first kappa shape index (κ1) is 22.0. The van der Waals surface area contributed by atoms with Gasteiger partial charge in [-0.25, -0.2) is 18.5 Å². The average molecular weight is 443 g/mol. The number of alkyl halides is 3. The summed E-state index contributed by atoms with van der Waals surface area (Å²) in [6, 6.07) is 3.77. The molecule has 0 radical (unpaired) electrons. The van der Waals surface area contributed by atoms with Gasteiger partial charge < -0.3 is 4.74 Å². The Bertz CT molecular complexity index is 1050. The first-order chi connectivity index (χ1) is 14.0. The molecule has 30 heavy (non-hydrogen) atoms. The lowest BCUT2D eigenvalue weighted by Crippen LogP contribution is -2.25. The van der Waals surface area contributed by atoms with Crippen molar-refractivity contribution in [1.29, 1.82) is 5.26 Å². The van der Waals surface area contributed by atoms with Crippen LogP contribution < -0.4 is 9.88 Å². The molecule has 2 aromatic heterocycles. The molecule has 1 saturated carbocycles. The Kier molecular flexibility index (Phi) is 6.05. The maximum absolute atomic E-state index is 13.4. The summed E-state index contributed by atoms with van der Waals surface area (Å²) in [5, 5.41) is 17.9. The molecule has 0 amide bonds. The summed E-state index contributed by atoms with van der Waals surface area (Å²) in [7, 11) is -4.03. The van der Waals surface area contributed by atoms with Gasteiger partial charge in [-0.1, -0.05) is 13.3 Å². The number of ether oxygens (including phenoxy) is 1. The lowest BCUT2D eigenvalue weighted by atomic mass is 9.86. The summed E-state index contributed by atoms with van der Waals surface area (Å²) in [5.74, 6) is 0.0515. The second-order valence-corrected chi connectivity index (χ2v) is 8.68. The standard InChI is InChI=1S/C18H20F3N5O3S/c1-2-11-3-5-12(6-4-11)29-17-14(9-22)16(18(19,20)21)25-26(17)15-8-7-13(10-24-15)30(23,27)28/h7-8,10-12H,2-6H2,1H3,(H2,23,27,28). The Hall–Kier alpha value is -2.65. The minimum Gasteiger partial charge on any atom is -0.473 e. The van der Waals surface area contributed by atoms with E-state index in [0.29, 0.717) is 18.8 Å². The van der Waals surface area contributed by atoms with Gasteiger partial charge in [0.1, 0.15) is 22.6 Å². The van der Waals surface area contributed by atoms with Crippen LogP contribution in [-0.2, 0) is 16.2 Å². The highest BCUT2D eigenvalue weighted by Gasteiger charge is 2.41. The minimum absolute atomic E-state index is 0.133. The molecule has 0 atom stereocenters. The van der Waals surface area contributed by atoms with Crippen molar-refractivity contribution in [3.63, 3.8) is 0 Å². The molecular weight excluding hydrogens is 423 g/mol. The van der Waals surface area contributed by atoms with Crippen LogP contribution in [0.5, 0.6) is 5.88 Å². The minimum atomic E-state index is -4.88. The summed E-state index contributed by atoms with van der Waals surface area (Å²) >= 11 is 0. The molecule has 2 heterocycles. The van der Waals surface area contributed by atoms with E-state index in [4.69, 9.17) is 9.88 Å². The van der Waals surface area contributed by atoms with Gasteiger partial charge in [0.25, 0.3) is 0 Å². The number of primary sulfonamides is 1. The third-order valence-corrected chi connectivity index (χ3v) is 6.04. The molecule has 1 fully saturated rings. The predicted molar refractivity (Wildman–Crippen MR) is 99.1 cm³/mol. The number of nitrogens with zero attached hydrogens (tertiary/aromatic N) is 4. The number of sulfonamides is 1. The van der Waals surface area contributed by atoms with Crippen LogP contribution in [0.15, 0.2) is 23.2 Å². The molecule has 0 bridgehead atoms. The Balaban J connectivity index is 2.03. The highest BCUT2D eigenvalue weighted by molar-refractivity contribution is 7.89. The van der Waals surface area contributed by atoms with Crippen LogP contribution in [-0.4, -0.2) is 29.3 Å². The number of hydrogen-bond donors (Lipinski definition) is 1. The smallest absolute Gasteiger partial charge is 0.436 e. The van der Waals surface area contributed by atoms with Crippen molar-refractivity contribution in [3.05, 3.63) is 29.6 Å². The monoisotopic (exact) mass is 443 g/mol. The molecule has 0 spiro atoms. The van der Waals surface area contributed by atoms with Gasteiger partial charge in [-0.15, -0.1) is 0 Å². The lowest BCUT2D eigenvalue weighted by Gasteiger charge is -2.28. The highest BCUT2D eigenvalue weighted by Crippen LogP contribution is 2.38. The van der Waals surface area contributed by atoms with Crippen LogP contribution in [0.3, 0.4) is 0 Å². The summed E-state index contributed by atoms with van der Waals surface area (Å²) in [5.41, 5.74) is -2.13. The number of aromatic nitrogens is 3. The molecule has 0 aliphatic heterocycles. The number of hydrogen-bond acceptors (Lipinski definition) is 6. The number of nitriles is 1. The number of nitrogens with two attached hydrogens (primary N) is 1. The van der Waals surface area contributed by atoms with E-state index in [-0.39, 0.29) is 22.7 Å². The molecule has 12 heteroatoms. The molecule has 3 rings (SSSR count). The second-order valence-electron chi connectivity index (χ2n) is 7.12. The van der Waals surface area contributed by atoms with E-state index >= 15 is 0 Å². The molecule has 1 aliphatic rings. The highest BCUT2D eigenvalue weighted by atomic mass is 32.2. The Morgan fingerprint density at radius 3 is 2.43 bits per heavy atom. The topological polar surface area (TPSA) is 124 Å². The molecule has 2 aromatic rings. The Labute approximate surface area is 171 Å². The maximum atomic E-state index is 13.4. The summed E-state index contributed by atoms with van der Waals surface area (Å²) in [6.45, 7) is 2.08. The first-order valence-corrected chi connectivity index (χ1v) is 10.9. The van der Waals surface area contributed by atoms with Crippen molar-refractivity contribution < 1.29 is 26.3 Å². The van der Waals surface area contributed by atoms with E-state index in [0.717, 1.165) is 42.3 Å². The fraction of sp³-hybridized carbons (Fsp3) is 0.500. The predicted octanol–water partition coefficient (Wildman–Crippen LogP) is 3.15. The third-order valence-electron chi connectivity index (χ3n) is 5.14. The number of halogens is 3. The van der Waals surface area contributed by atoms with Gasteiger partial charge in [-0.2, -0.15) is 28.2 Å². The van der Waals surface area contributed by atoms with Crippen LogP contribution in [0.4, 0.5) is 13.2 Å². The zero-order valence-corrected chi connectivity index (χ0v) is 16.9. The zero-order chi connectivity index (χ0) is 22.1. The van der Waals surface area contributed by atoms with E-state index in [1.54, 1.807) is 0 Å². The van der Waals surface area contributed by atoms with Crippen LogP contribution in [0, 0.1) is 17.2 Å². The molecule has 8 nitrogen and oxygen atoms in total. The van der Waals surface area contributed by atoms with E-state index < -0.39 is 27.5 Å². The maximum Gasteiger partial charge on any atom is 0.436 e. The summed E-state index contributed by atoms with van der Waals surface area (Å²) in [6.07, 6.45) is -0.264. The van der Waals surface area contributed by atoms with Crippen LogP contribution in [0.2, 0.25) is 0 Å². The van der Waals surface area contributed by atoms with Crippen LogP contribution in [0.1, 0.15) is 50.3 Å². The van der Waals surface area contributed by atoms with Crippen molar-refractivity contribution in [2.24, 2.45) is 11.1 Å². The molecule has 162 valence electrons. The average Bonchev–Trinajstić information content (AvgIpc) is 3.06. The van der Waals surface area contributed by atoms with E-state index in [1.807, 2.05) is 0 Å². The van der Waals surface area contributed by atoms with Crippen molar-refractivity contribution in [2.75, 3.05) is 0 Å². The first-order valence-electron chi connectivity index (χ1n) is 9.30. The molecule has 0 saturated heterocycles. The van der Waals surface area contributed by atoms with Crippen molar-refractivity contribution >= 4 is 10.0 Å². The van der Waals surface area contributed by atoms with Gasteiger partial charge in [0.2, 0.25) is 15.9 Å². The zero-order valence-electron chi connectivity index (χ0n) is 16.1. The molecular formula is C18H20F3N5O3S. The van der Waals surface area contributed by atoms with E-state index in [2.05, 4.69) is 17.0 Å². The Morgan fingerprint density at radius 2 is 1.97 bits per heavy atom. The largest absolute Gasteiger partial charge is 0.473 e. The van der Waals surface area contributed by atoms with Gasteiger partial charge >= 0.3 is 6.18 Å². The van der Waals surface area contributed by atoms with Crippen LogP contribution >= 0.6 is 0 Å². The lowest BCUT2D eigenvalue weighted by molar-refractivity contribution is -0.141. The van der Waals surface area contributed by atoms with Gasteiger partial charge in [-0.05, 0) is 43.7 Å². The number of rotatable bonds is 5. The quantitative estimate of drug-likeness (QED) is 0.757. The third kappa shape index (κ3) is 4.57. The van der Waals surface area contributed by atoms with Gasteiger partial charge in [-0.3, -0.25) is 0 Å². The molecule has 2 N–H and O–H groups in total. The van der Waals surface area contributed by atoms with Gasteiger partial charge in [0.05, 0.1) is 0 Å². The van der Waals surface area contributed by atoms with Crippen molar-refractivity contribution in [1.82, 2.24) is 14.8 Å². The molecule has 1 aliphatic carbocycles. The van der Waals surface area contributed by atoms with Gasteiger partial charge in [0.15, 0.2) is 11.5 Å². The number of pyridine rings is 1. The summed E-state index contributed by atoms with van der Waals surface area (Å²) in [4.78, 5) is 3.54. The second kappa shape index (κ2) is 8.23. The summed E-state index contributed by atoms with van der Waals surface area (Å²) < 4.78 is 69.7. The normalized spacial score (nSPS) is 20.0. The van der Waals surface area contributed by atoms with E-state index in [9.17, 15) is 26.9 Å². The fourth-order valence-corrected chi connectivity index (χ4v) is 3.91. The van der Waals surface area contributed by atoms with Crippen molar-refractivity contribution in [2.45, 2.75) is 56.2 Å². The van der Waals surface area contributed by atoms with E-state index in [1.165, 1.54) is 6.07 Å².